The van der Waals surface area contributed by atoms with Gasteiger partial charge in [-0.05, 0) is 19.4 Å². The van der Waals surface area contributed by atoms with Gasteiger partial charge >= 0.3 is 6.18 Å². The Labute approximate surface area is 124 Å². The predicted molar refractivity (Wildman–Crippen MR) is 74.6 cm³/mol. The van der Waals surface area contributed by atoms with Crippen molar-refractivity contribution in [3.8, 4) is 0 Å². The Morgan fingerprint density at radius 1 is 1.36 bits per heavy atom. The van der Waals surface area contributed by atoms with E-state index in [2.05, 4.69) is 10.1 Å². The minimum Gasteiger partial charge on any atom is -0.297 e. The molecule has 1 atom stereocenters. The van der Waals surface area contributed by atoms with Gasteiger partial charge in [-0.25, -0.2) is 9.50 Å². The second-order valence-corrected chi connectivity index (χ2v) is 5.59. The molecule has 0 amide bonds. The highest BCUT2D eigenvalue weighted by atomic mass is 19.4. The van der Waals surface area contributed by atoms with Crippen molar-refractivity contribution in [2.75, 3.05) is 13.1 Å². The van der Waals surface area contributed by atoms with Gasteiger partial charge in [-0.15, -0.1) is 0 Å². The van der Waals surface area contributed by atoms with Crippen LogP contribution in [-0.4, -0.2) is 38.8 Å². The van der Waals surface area contributed by atoms with Gasteiger partial charge in [-0.2, -0.15) is 13.2 Å². The van der Waals surface area contributed by atoms with E-state index in [1.807, 2.05) is 0 Å². The molecule has 8 heteroatoms. The van der Waals surface area contributed by atoms with Crippen LogP contribution in [0.25, 0.3) is 5.65 Å². The zero-order valence-corrected chi connectivity index (χ0v) is 11.9. The number of halogens is 3. The summed E-state index contributed by atoms with van der Waals surface area (Å²) in [4.78, 5) is 18.2. The Balaban J connectivity index is 1.86. The first kappa shape index (κ1) is 15.1. The number of aromatic nitrogens is 3. The maximum atomic E-state index is 12.5. The molecule has 0 radical (unpaired) electrons. The molecule has 22 heavy (non-hydrogen) atoms. The van der Waals surface area contributed by atoms with Gasteiger partial charge < -0.3 is 0 Å². The van der Waals surface area contributed by atoms with Crippen LogP contribution in [0.4, 0.5) is 13.2 Å². The molecule has 2 aromatic heterocycles. The number of alkyl halides is 3. The zero-order valence-electron chi connectivity index (χ0n) is 11.9. The first-order valence-electron chi connectivity index (χ1n) is 7.32. The summed E-state index contributed by atoms with van der Waals surface area (Å²) in [6.07, 6.45) is -0.865. The lowest BCUT2D eigenvalue weighted by atomic mass is 9.99. The number of piperidine rings is 1. The monoisotopic (exact) mass is 314 g/mol. The number of hydrogen-bond donors (Lipinski definition) is 1. The summed E-state index contributed by atoms with van der Waals surface area (Å²) in [7, 11) is 0. The Morgan fingerprint density at radius 3 is 2.95 bits per heavy atom. The van der Waals surface area contributed by atoms with E-state index in [0.717, 1.165) is 19.3 Å². The van der Waals surface area contributed by atoms with E-state index in [1.165, 1.54) is 10.6 Å². The highest BCUT2D eigenvalue weighted by Crippen LogP contribution is 2.31. The van der Waals surface area contributed by atoms with Crippen molar-refractivity contribution in [2.45, 2.75) is 37.9 Å². The van der Waals surface area contributed by atoms with Gasteiger partial charge in [-0.3, -0.25) is 14.8 Å². The van der Waals surface area contributed by atoms with Crippen LogP contribution in [0, 0.1) is 0 Å². The van der Waals surface area contributed by atoms with E-state index < -0.39 is 12.6 Å². The number of hydrogen-bond acceptors (Lipinski definition) is 3. The average molecular weight is 314 g/mol. The third kappa shape index (κ3) is 3.16. The molecular weight excluding hydrogens is 297 g/mol. The first-order valence-corrected chi connectivity index (χ1v) is 7.32. The van der Waals surface area contributed by atoms with Gasteiger partial charge in [0.05, 0.1) is 18.2 Å². The van der Waals surface area contributed by atoms with Gasteiger partial charge in [-0.1, -0.05) is 6.42 Å². The van der Waals surface area contributed by atoms with Crippen molar-refractivity contribution >= 4 is 5.65 Å². The Hall–Kier alpha value is -1.83. The zero-order chi connectivity index (χ0) is 15.7. The molecule has 0 unspecified atom stereocenters. The number of rotatable bonds is 3. The minimum absolute atomic E-state index is 0.0532. The van der Waals surface area contributed by atoms with Crippen LogP contribution in [0.3, 0.4) is 0 Å². The molecule has 1 aliphatic heterocycles. The number of nitrogens with zero attached hydrogens (tertiary/aromatic N) is 3. The van der Waals surface area contributed by atoms with Crippen molar-refractivity contribution in [3.63, 3.8) is 0 Å². The molecule has 0 bridgehead atoms. The van der Waals surface area contributed by atoms with Crippen LogP contribution in [0.1, 0.15) is 37.4 Å². The van der Waals surface area contributed by atoms with Crippen LogP contribution in [0.5, 0.6) is 0 Å². The quantitative estimate of drug-likeness (QED) is 0.947. The number of likely N-dealkylation sites (tertiary alicyclic amines) is 1. The van der Waals surface area contributed by atoms with Crippen molar-refractivity contribution in [1.29, 1.82) is 0 Å². The van der Waals surface area contributed by atoms with Gasteiger partial charge in [0, 0.05) is 24.9 Å². The summed E-state index contributed by atoms with van der Waals surface area (Å²) < 4.78 is 38.7. The maximum Gasteiger partial charge on any atom is 0.390 e. The molecule has 1 N–H and O–H groups in total. The largest absolute Gasteiger partial charge is 0.390 e. The molecule has 120 valence electrons. The summed E-state index contributed by atoms with van der Waals surface area (Å²) in [5.41, 5.74) is 0.807. The second-order valence-electron chi connectivity index (χ2n) is 5.59. The van der Waals surface area contributed by atoms with Crippen molar-refractivity contribution in [3.05, 3.63) is 34.4 Å². The van der Waals surface area contributed by atoms with Crippen molar-refractivity contribution in [1.82, 2.24) is 19.5 Å². The van der Waals surface area contributed by atoms with Gasteiger partial charge in [0.15, 0.2) is 5.65 Å². The predicted octanol–water partition coefficient (Wildman–Crippen LogP) is 2.50. The van der Waals surface area contributed by atoms with E-state index in [1.54, 1.807) is 17.2 Å². The SMILES string of the molecule is O=c1cc([C@@H]2CCCCN2CCC(F)(F)F)nc2cc[nH]n12. The van der Waals surface area contributed by atoms with Gasteiger partial charge in [0.25, 0.3) is 5.56 Å². The van der Waals surface area contributed by atoms with Crippen LogP contribution < -0.4 is 5.56 Å². The Morgan fingerprint density at radius 2 is 2.18 bits per heavy atom. The average Bonchev–Trinajstić information content (AvgIpc) is 2.93. The van der Waals surface area contributed by atoms with Gasteiger partial charge in [0.2, 0.25) is 0 Å². The number of nitrogens with one attached hydrogen (secondary N) is 1. The molecule has 1 fully saturated rings. The molecule has 5 nitrogen and oxygen atoms in total. The summed E-state index contributed by atoms with van der Waals surface area (Å²) in [5, 5.41) is 2.75. The molecule has 0 aliphatic carbocycles. The number of aromatic amines is 1. The van der Waals surface area contributed by atoms with Crippen molar-refractivity contribution in [2.24, 2.45) is 0 Å². The van der Waals surface area contributed by atoms with Gasteiger partial charge in [0.1, 0.15) is 0 Å². The fourth-order valence-electron chi connectivity index (χ4n) is 2.98. The third-order valence-electron chi connectivity index (χ3n) is 4.04. The third-order valence-corrected chi connectivity index (χ3v) is 4.04. The smallest absolute Gasteiger partial charge is 0.297 e. The number of fused-ring (bicyclic) bond motifs is 1. The molecular formula is C14H17F3N4O. The minimum atomic E-state index is -4.17. The molecule has 3 rings (SSSR count). The second kappa shape index (κ2) is 5.75. The molecule has 0 aromatic carbocycles. The standard InChI is InChI=1S/C14H17F3N4O/c15-14(16,17)5-8-20-7-2-1-3-11(20)10-9-13(22)21-12(19-10)4-6-18-21/h4,6,9,11,18H,1-3,5,7-8H2/t11-/m0/s1. The molecule has 3 heterocycles. The van der Waals surface area contributed by atoms with E-state index in [4.69, 9.17) is 0 Å². The van der Waals surface area contributed by atoms with E-state index >= 15 is 0 Å². The van der Waals surface area contributed by atoms with E-state index in [9.17, 15) is 18.0 Å². The molecule has 2 aromatic rings. The fraction of sp³-hybridized carbons (Fsp3) is 0.571. The summed E-state index contributed by atoms with van der Waals surface area (Å²) in [6, 6.07) is 2.87. The van der Waals surface area contributed by atoms with E-state index in [-0.39, 0.29) is 18.1 Å². The lowest BCUT2D eigenvalue weighted by Crippen LogP contribution is -2.37. The topological polar surface area (TPSA) is 53.4 Å². The van der Waals surface area contributed by atoms with Crippen molar-refractivity contribution < 1.29 is 13.2 Å². The van der Waals surface area contributed by atoms with E-state index in [0.29, 0.717) is 17.9 Å². The highest BCUT2D eigenvalue weighted by molar-refractivity contribution is 5.37. The van der Waals surface area contributed by atoms with Crippen LogP contribution in [0.15, 0.2) is 23.1 Å². The lowest BCUT2D eigenvalue weighted by Gasteiger charge is -2.35. The van der Waals surface area contributed by atoms with Crippen LogP contribution in [-0.2, 0) is 0 Å². The first-order chi connectivity index (χ1) is 10.4. The maximum absolute atomic E-state index is 12.5. The molecule has 0 saturated carbocycles. The molecule has 1 saturated heterocycles. The summed E-state index contributed by atoms with van der Waals surface area (Å²) in [5.74, 6) is 0. The summed E-state index contributed by atoms with van der Waals surface area (Å²) >= 11 is 0. The van der Waals surface area contributed by atoms with Crippen LogP contribution >= 0.6 is 0 Å². The Bertz CT molecular complexity index is 706. The number of H-pyrrole nitrogens is 1. The highest BCUT2D eigenvalue weighted by Gasteiger charge is 2.32. The van der Waals surface area contributed by atoms with Crippen LogP contribution in [0.2, 0.25) is 0 Å². The normalized spacial score (nSPS) is 20.6. The summed E-state index contributed by atoms with van der Waals surface area (Å²) in [6.45, 7) is 0.553. The Kier molecular flexibility index (Phi) is 3.94. The molecule has 0 spiro atoms. The molecule has 1 aliphatic rings. The fourth-order valence-corrected chi connectivity index (χ4v) is 2.98. The lowest BCUT2D eigenvalue weighted by molar-refractivity contribution is -0.140.